The van der Waals surface area contributed by atoms with Gasteiger partial charge < -0.3 is 15.2 Å². The molecule has 0 saturated carbocycles. The summed E-state index contributed by atoms with van der Waals surface area (Å²) in [6, 6.07) is 14.9. The largest absolute Gasteiger partial charge is 0.494 e. The zero-order chi connectivity index (χ0) is 18.1. The summed E-state index contributed by atoms with van der Waals surface area (Å²) in [7, 11) is 0. The number of carboxylic acid groups (broad SMARTS) is 1. The quantitative estimate of drug-likeness (QED) is 0.529. The van der Waals surface area contributed by atoms with Gasteiger partial charge in [0, 0.05) is 17.9 Å². The number of nitrogens with one attached hydrogen (secondary N) is 1. The van der Waals surface area contributed by atoms with E-state index in [1.165, 1.54) is 0 Å². The summed E-state index contributed by atoms with van der Waals surface area (Å²) in [5.41, 5.74) is 1.64. The molecule has 0 saturated heterocycles. The molecule has 0 unspecified atom stereocenters. The van der Waals surface area contributed by atoms with Crippen LogP contribution in [0.25, 0.3) is 0 Å². The number of carbonyl (C=O) groups excluding carboxylic acids is 1. The van der Waals surface area contributed by atoms with Crippen molar-refractivity contribution in [1.82, 2.24) is 5.32 Å². The normalized spacial score (nSPS) is 10.3. The molecule has 6 heteroatoms. The van der Waals surface area contributed by atoms with E-state index < -0.39 is 5.97 Å². The summed E-state index contributed by atoms with van der Waals surface area (Å²) in [6.45, 7) is 0.800. The third-order valence-electron chi connectivity index (χ3n) is 3.53. The first-order valence-corrected chi connectivity index (χ1v) is 9.17. The number of rotatable bonds is 9. The molecule has 0 aliphatic carbocycles. The van der Waals surface area contributed by atoms with Gasteiger partial charge in [0.15, 0.2) is 0 Å². The minimum absolute atomic E-state index is 0.0982. The number of carboxylic acids is 1. The molecule has 1 amide bonds. The Morgan fingerprint density at radius 2 is 1.84 bits per heavy atom. The predicted molar refractivity (Wildman–Crippen MR) is 98.2 cm³/mol. The topological polar surface area (TPSA) is 75.6 Å². The van der Waals surface area contributed by atoms with Gasteiger partial charge in [-0.25, -0.2) is 0 Å². The van der Waals surface area contributed by atoms with Crippen molar-refractivity contribution < 1.29 is 19.4 Å². The van der Waals surface area contributed by atoms with Crippen LogP contribution in [0, 0.1) is 0 Å². The molecule has 0 bridgehead atoms. The first-order valence-electron chi connectivity index (χ1n) is 7.95. The Morgan fingerprint density at radius 1 is 1.12 bits per heavy atom. The average molecular weight is 359 g/mol. The van der Waals surface area contributed by atoms with Crippen LogP contribution in [-0.4, -0.2) is 29.8 Å². The van der Waals surface area contributed by atoms with Crippen molar-refractivity contribution in [2.24, 2.45) is 0 Å². The molecule has 5 nitrogen and oxygen atoms in total. The summed E-state index contributed by atoms with van der Waals surface area (Å²) in [5.74, 6) is -0.232. The van der Waals surface area contributed by atoms with Crippen molar-refractivity contribution in [3.8, 4) is 5.75 Å². The molecule has 0 aliphatic heterocycles. The Bertz CT molecular complexity index is 716. The van der Waals surface area contributed by atoms with Crippen LogP contribution in [0.4, 0.5) is 0 Å². The lowest BCUT2D eigenvalue weighted by atomic mass is 10.2. The molecule has 132 valence electrons. The molecule has 0 aromatic heterocycles. The van der Waals surface area contributed by atoms with Crippen LogP contribution in [0.1, 0.15) is 28.8 Å². The number of hydrogen-bond acceptors (Lipinski definition) is 4. The Labute approximate surface area is 151 Å². The van der Waals surface area contributed by atoms with Crippen molar-refractivity contribution >= 4 is 23.6 Å². The first kappa shape index (κ1) is 18.9. The van der Waals surface area contributed by atoms with Gasteiger partial charge in [0.25, 0.3) is 5.91 Å². The second-order valence-electron chi connectivity index (χ2n) is 5.37. The molecule has 0 heterocycles. The van der Waals surface area contributed by atoms with E-state index in [-0.39, 0.29) is 12.3 Å². The van der Waals surface area contributed by atoms with Gasteiger partial charge in [-0.3, -0.25) is 9.59 Å². The van der Waals surface area contributed by atoms with E-state index in [0.29, 0.717) is 30.9 Å². The van der Waals surface area contributed by atoms with Gasteiger partial charge in [0.1, 0.15) is 5.75 Å². The highest BCUT2D eigenvalue weighted by atomic mass is 32.2. The van der Waals surface area contributed by atoms with Crippen molar-refractivity contribution in [1.29, 1.82) is 0 Å². The van der Waals surface area contributed by atoms with Gasteiger partial charge in [-0.2, -0.15) is 0 Å². The number of benzene rings is 2. The van der Waals surface area contributed by atoms with E-state index in [1.807, 2.05) is 54.8 Å². The molecule has 2 aromatic carbocycles. The average Bonchev–Trinajstić information content (AvgIpc) is 2.64. The lowest BCUT2D eigenvalue weighted by Gasteiger charge is -2.09. The molecule has 2 aromatic rings. The van der Waals surface area contributed by atoms with Crippen molar-refractivity contribution in [2.45, 2.75) is 24.3 Å². The number of aliphatic carboxylic acids is 1. The Morgan fingerprint density at radius 3 is 2.52 bits per heavy atom. The van der Waals surface area contributed by atoms with Crippen LogP contribution < -0.4 is 10.1 Å². The molecule has 2 N–H and O–H groups in total. The molecule has 0 aliphatic rings. The van der Waals surface area contributed by atoms with E-state index in [9.17, 15) is 9.59 Å². The fourth-order valence-corrected chi connectivity index (χ4v) is 2.82. The van der Waals surface area contributed by atoms with E-state index in [0.717, 1.165) is 10.5 Å². The summed E-state index contributed by atoms with van der Waals surface area (Å²) in [5, 5.41) is 11.5. The van der Waals surface area contributed by atoms with E-state index >= 15 is 0 Å². The molecule has 0 fully saturated rings. The Balaban J connectivity index is 1.83. The van der Waals surface area contributed by atoms with Crippen molar-refractivity contribution in [2.75, 3.05) is 12.9 Å². The van der Waals surface area contributed by atoms with Crippen molar-refractivity contribution in [3.05, 3.63) is 59.7 Å². The van der Waals surface area contributed by atoms with Crippen molar-refractivity contribution in [3.63, 3.8) is 0 Å². The highest BCUT2D eigenvalue weighted by Crippen LogP contribution is 2.20. The number of hydrogen-bond donors (Lipinski definition) is 2. The highest BCUT2D eigenvalue weighted by molar-refractivity contribution is 7.98. The van der Waals surface area contributed by atoms with Gasteiger partial charge in [0.05, 0.1) is 12.2 Å². The molecule has 2 rings (SSSR count). The second kappa shape index (κ2) is 9.74. The van der Waals surface area contributed by atoms with Gasteiger partial charge in [-0.05, 0) is 42.5 Å². The standard InChI is InChI=1S/C19H21NO4S/c1-25-17-6-3-2-5-16(17)19(23)20-13-14-8-10-15(11-9-14)24-12-4-7-18(21)22/h2-3,5-6,8-11H,4,7,12-13H2,1H3,(H,20,23)(H,21,22). The molecule has 0 radical (unpaired) electrons. The van der Waals surface area contributed by atoms with Gasteiger partial charge in [-0.1, -0.05) is 24.3 Å². The molecule has 25 heavy (non-hydrogen) atoms. The van der Waals surface area contributed by atoms with E-state index in [1.54, 1.807) is 11.8 Å². The predicted octanol–water partition coefficient (Wildman–Crippen LogP) is 3.58. The lowest BCUT2D eigenvalue weighted by molar-refractivity contribution is -0.137. The van der Waals surface area contributed by atoms with E-state index in [4.69, 9.17) is 9.84 Å². The maximum atomic E-state index is 12.3. The highest BCUT2D eigenvalue weighted by Gasteiger charge is 2.09. The van der Waals surface area contributed by atoms with Crippen LogP contribution >= 0.6 is 11.8 Å². The molecular formula is C19H21NO4S. The minimum Gasteiger partial charge on any atom is -0.494 e. The van der Waals surface area contributed by atoms with Crippen LogP contribution in [0.3, 0.4) is 0 Å². The molecule has 0 spiro atoms. The lowest BCUT2D eigenvalue weighted by Crippen LogP contribution is -2.23. The van der Waals surface area contributed by atoms with Gasteiger partial charge >= 0.3 is 5.97 Å². The summed E-state index contributed by atoms with van der Waals surface area (Å²) >= 11 is 1.54. The maximum Gasteiger partial charge on any atom is 0.303 e. The Hall–Kier alpha value is -2.47. The number of amides is 1. The molecular weight excluding hydrogens is 338 g/mol. The first-order chi connectivity index (χ1) is 12.1. The summed E-state index contributed by atoms with van der Waals surface area (Å²) in [6.07, 6.45) is 2.52. The SMILES string of the molecule is CSc1ccccc1C(=O)NCc1ccc(OCCCC(=O)O)cc1. The monoisotopic (exact) mass is 359 g/mol. The fraction of sp³-hybridized carbons (Fsp3) is 0.263. The van der Waals surface area contributed by atoms with Gasteiger partial charge in [-0.15, -0.1) is 11.8 Å². The molecule has 0 atom stereocenters. The third-order valence-corrected chi connectivity index (χ3v) is 4.33. The number of thioether (sulfide) groups is 1. The van der Waals surface area contributed by atoms with Gasteiger partial charge in [0.2, 0.25) is 0 Å². The second-order valence-corrected chi connectivity index (χ2v) is 6.22. The number of carbonyl (C=O) groups is 2. The van der Waals surface area contributed by atoms with Crippen LogP contribution in [0.2, 0.25) is 0 Å². The Kier molecular flexibility index (Phi) is 7.35. The van der Waals surface area contributed by atoms with Crippen LogP contribution in [0.5, 0.6) is 5.75 Å². The number of ether oxygens (including phenoxy) is 1. The summed E-state index contributed by atoms with van der Waals surface area (Å²) in [4.78, 5) is 23.7. The fourth-order valence-electron chi connectivity index (χ4n) is 2.23. The minimum atomic E-state index is -0.822. The maximum absolute atomic E-state index is 12.3. The smallest absolute Gasteiger partial charge is 0.303 e. The zero-order valence-corrected chi connectivity index (χ0v) is 14.8. The zero-order valence-electron chi connectivity index (χ0n) is 14.0. The summed E-state index contributed by atoms with van der Waals surface area (Å²) < 4.78 is 5.48. The van der Waals surface area contributed by atoms with Crippen LogP contribution in [-0.2, 0) is 11.3 Å². The third kappa shape index (κ3) is 6.15. The van der Waals surface area contributed by atoms with Crippen LogP contribution in [0.15, 0.2) is 53.4 Å². The van der Waals surface area contributed by atoms with E-state index in [2.05, 4.69) is 5.32 Å².